The summed E-state index contributed by atoms with van der Waals surface area (Å²) in [4.78, 5) is 22.4. The lowest BCUT2D eigenvalue weighted by Gasteiger charge is -2.17. The van der Waals surface area contributed by atoms with E-state index in [2.05, 4.69) is 15.4 Å². The summed E-state index contributed by atoms with van der Waals surface area (Å²) in [6, 6.07) is 3.73. The number of hydrogen-bond donors (Lipinski definition) is 2. The second-order valence-corrected chi connectivity index (χ2v) is 4.12. The second kappa shape index (κ2) is 6.72. The van der Waals surface area contributed by atoms with Crippen molar-refractivity contribution < 1.29 is 18.7 Å². The maximum atomic E-state index is 13.1. The molecule has 6 heteroatoms. The topological polar surface area (TPSA) is 67.4 Å². The molecule has 0 saturated carbocycles. The average Bonchev–Trinajstić information content (AvgIpc) is 2.37. The number of hydrogen-bond acceptors (Lipinski definition) is 4. The van der Waals surface area contributed by atoms with E-state index in [9.17, 15) is 14.0 Å². The summed E-state index contributed by atoms with van der Waals surface area (Å²) in [5.41, 5.74) is 1.16. The van der Waals surface area contributed by atoms with Crippen LogP contribution >= 0.6 is 0 Å². The van der Waals surface area contributed by atoms with E-state index in [1.165, 1.54) is 20.1 Å². The number of carbonyl (C=O) groups is 2. The molecule has 0 bridgehead atoms. The van der Waals surface area contributed by atoms with Gasteiger partial charge < -0.3 is 15.4 Å². The summed E-state index contributed by atoms with van der Waals surface area (Å²) < 4.78 is 17.7. The molecular formula is C13H17FN2O3. The van der Waals surface area contributed by atoms with Crippen LogP contribution in [0.25, 0.3) is 0 Å². The summed E-state index contributed by atoms with van der Waals surface area (Å²) >= 11 is 0. The molecule has 0 aliphatic heterocycles. The van der Waals surface area contributed by atoms with Crippen LogP contribution < -0.4 is 10.6 Å². The lowest BCUT2D eigenvalue weighted by atomic mass is 10.2. The highest BCUT2D eigenvalue weighted by Crippen LogP contribution is 2.13. The van der Waals surface area contributed by atoms with E-state index in [4.69, 9.17) is 0 Å². The summed E-state index contributed by atoms with van der Waals surface area (Å²) in [5.74, 6) is -1.16. The van der Waals surface area contributed by atoms with Crippen molar-refractivity contribution in [1.29, 1.82) is 0 Å². The van der Waals surface area contributed by atoms with Gasteiger partial charge in [0.25, 0.3) is 0 Å². The Labute approximate surface area is 111 Å². The van der Waals surface area contributed by atoms with Crippen molar-refractivity contribution in [2.75, 3.05) is 19.0 Å². The molecule has 0 heterocycles. The van der Waals surface area contributed by atoms with E-state index in [0.29, 0.717) is 11.3 Å². The SMILES string of the molecule is COC(=O)C(CNc1ccc(F)c(C)c1)NC(C)=O. The predicted molar refractivity (Wildman–Crippen MR) is 69.2 cm³/mol. The van der Waals surface area contributed by atoms with Crippen molar-refractivity contribution in [1.82, 2.24) is 5.32 Å². The number of ether oxygens (including phenoxy) is 1. The van der Waals surface area contributed by atoms with Crippen molar-refractivity contribution in [3.8, 4) is 0 Å². The minimum atomic E-state index is -0.784. The molecule has 1 aromatic carbocycles. The summed E-state index contributed by atoms with van der Waals surface area (Å²) in [7, 11) is 1.25. The van der Waals surface area contributed by atoms with Crippen LogP contribution in [0.2, 0.25) is 0 Å². The van der Waals surface area contributed by atoms with Crippen molar-refractivity contribution in [3.63, 3.8) is 0 Å². The molecule has 1 atom stereocenters. The third kappa shape index (κ3) is 4.57. The minimum Gasteiger partial charge on any atom is -0.467 e. The van der Waals surface area contributed by atoms with Gasteiger partial charge in [0.05, 0.1) is 7.11 Å². The number of esters is 1. The van der Waals surface area contributed by atoms with Crippen LogP contribution in [0.15, 0.2) is 18.2 Å². The maximum Gasteiger partial charge on any atom is 0.330 e. The lowest BCUT2D eigenvalue weighted by Crippen LogP contribution is -2.45. The molecule has 0 radical (unpaired) electrons. The molecule has 0 aliphatic rings. The lowest BCUT2D eigenvalue weighted by molar-refractivity contribution is -0.144. The molecule has 1 unspecified atom stereocenters. The Bertz CT molecular complexity index is 477. The van der Waals surface area contributed by atoms with Crippen LogP contribution in [-0.2, 0) is 14.3 Å². The predicted octanol–water partition coefficient (Wildman–Crippen LogP) is 1.22. The number of halogens is 1. The number of nitrogens with one attached hydrogen (secondary N) is 2. The van der Waals surface area contributed by atoms with E-state index < -0.39 is 12.0 Å². The fourth-order valence-electron chi connectivity index (χ4n) is 1.56. The minimum absolute atomic E-state index is 0.164. The highest BCUT2D eigenvalue weighted by Gasteiger charge is 2.19. The highest BCUT2D eigenvalue weighted by molar-refractivity contribution is 5.83. The average molecular weight is 268 g/mol. The van der Waals surface area contributed by atoms with Gasteiger partial charge in [0, 0.05) is 19.2 Å². The van der Waals surface area contributed by atoms with E-state index in [0.717, 1.165) is 0 Å². The third-order valence-electron chi connectivity index (χ3n) is 2.53. The Morgan fingerprint density at radius 1 is 1.42 bits per heavy atom. The first kappa shape index (κ1) is 14.9. The summed E-state index contributed by atoms with van der Waals surface area (Å²) in [5, 5.41) is 5.43. The largest absolute Gasteiger partial charge is 0.467 e. The molecule has 1 amide bonds. The molecule has 0 spiro atoms. The molecule has 0 fully saturated rings. The van der Waals surface area contributed by atoms with Gasteiger partial charge in [-0.2, -0.15) is 0 Å². The van der Waals surface area contributed by atoms with E-state index in [1.54, 1.807) is 19.1 Å². The molecule has 0 aromatic heterocycles. The van der Waals surface area contributed by atoms with Crippen LogP contribution in [0, 0.1) is 12.7 Å². The first-order valence-electron chi connectivity index (χ1n) is 5.79. The quantitative estimate of drug-likeness (QED) is 0.788. The second-order valence-electron chi connectivity index (χ2n) is 4.12. The molecule has 19 heavy (non-hydrogen) atoms. The van der Waals surface area contributed by atoms with Crippen molar-refractivity contribution in [2.45, 2.75) is 19.9 Å². The van der Waals surface area contributed by atoms with Crippen LogP contribution in [0.1, 0.15) is 12.5 Å². The smallest absolute Gasteiger partial charge is 0.330 e. The van der Waals surface area contributed by atoms with Gasteiger partial charge in [-0.15, -0.1) is 0 Å². The normalized spacial score (nSPS) is 11.6. The van der Waals surface area contributed by atoms with Crippen molar-refractivity contribution >= 4 is 17.6 Å². The number of amides is 1. The molecule has 1 aromatic rings. The van der Waals surface area contributed by atoms with Gasteiger partial charge in [0.1, 0.15) is 11.9 Å². The molecule has 5 nitrogen and oxygen atoms in total. The van der Waals surface area contributed by atoms with Gasteiger partial charge in [-0.05, 0) is 30.7 Å². The van der Waals surface area contributed by atoms with Crippen LogP contribution in [-0.4, -0.2) is 31.6 Å². The highest BCUT2D eigenvalue weighted by atomic mass is 19.1. The molecule has 104 valence electrons. The zero-order chi connectivity index (χ0) is 14.4. The summed E-state index contributed by atoms with van der Waals surface area (Å²) in [6.07, 6.45) is 0. The number of rotatable bonds is 5. The van der Waals surface area contributed by atoms with Crippen LogP contribution in [0.4, 0.5) is 10.1 Å². The zero-order valence-corrected chi connectivity index (χ0v) is 11.1. The maximum absolute atomic E-state index is 13.1. The Balaban J connectivity index is 2.67. The van der Waals surface area contributed by atoms with Crippen LogP contribution in [0.5, 0.6) is 0 Å². The molecule has 2 N–H and O–H groups in total. The Morgan fingerprint density at radius 3 is 2.63 bits per heavy atom. The van der Waals surface area contributed by atoms with Crippen LogP contribution in [0.3, 0.4) is 0 Å². The number of aryl methyl sites for hydroxylation is 1. The molecule has 1 rings (SSSR count). The van der Waals surface area contributed by atoms with E-state index >= 15 is 0 Å². The molecule has 0 saturated heterocycles. The van der Waals surface area contributed by atoms with E-state index in [1.807, 2.05) is 0 Å². The molecule has 0 aliphatic carbocycles. The monoisotopic (exact) mass is 268 g/mol. The number of carbonyl (C=O) groups excluding carboxylic acids is 2. The van der Waals surface area contributed by atoms with Gasteiger partial charge in [0.15, 0.2) is 0 Å². The summed E-state index contributed by atoms with van der Waals surface area (Å²) in [6.45, 7) is 3.13. The Hall–Kier alpha value is -2.11. The first-order valence-corrected chi connectivity index (χ1v) is 5.79. The number of anilines is 1. The first-order chi connectivity index (χ1) is 8.93. The fraction of sp³-hybridized carbons (Fsp3) is 0.385. The van der Waals surface area contributed by atoms with Gasteiger partial charge in [-0.25, -0.2) is 9.18 Å². The van der Waals surface area contributed by atoms with E-state index in [-0.39, 0.29) is 18.3 Å². The number of benzene rings is 1. The van der Waals surface area contributed by atoms with Crippen molar-refractivity contribution in [3.05, 3.63) is 29.6 Å². The van der Waals surface area contributed by atoms with Gasteiger partial charge >= 0.3 is 5.97 Å². The van der Waals surface area contributed by atoms with Gasteiger partial charge in [-0.3, -0.25) is 4.79 Å². The van der Waals surface area contributed by atoms with Crippen molar-refractivity contribution in [2.24, 2.45) is 0 Å². The number of methoxy groups -OCH3 is 1. The zero-order valence-electron chi connectivity index (χ0n) is 11.1. The fourth-order valence-corrected chi connectivity index (χ4v) is 1.56. The van der Waals surface area contributed by atoms with Gasteiger partial charge in [-0.1, -0.05) is 0 Å². The van der Waals surface area contributed by atoms with Gasteiger partial charge in [0.2, 0.25) is 5.91 Å². The Morgan fingerprint density at radius 2 is 2.11 bits per heavy atom. The third-order valence-corrected chi connectivity index (χ3v) is 2.53. The molecular weight excluding hydrogens is 251 g/mol. The standard InChI is InChI=1S/C13H17FN2O3/c1-8-6-10(4-5-11(8)14)15-7-12(13(18)19-3)16-9(2)17/h4-6,12,15H,7H2,1-3H3,(H,16,17). The Kier molecular flexibility index (Phi) is 5.29.